The van der Waals surface area contributed by atoms with Gasteiger partial charge in [0.2, 0.25) is 0 Å². The van der Waals surface area contributed by atoms with Crippen molar-refractivity contribution in [2.75, 3.05) is 11.4 Å². The zero-order valence-corrected chi connectivity index (χ0v) is 8.26. The minimum atomic E-state index is -0.759. The SMILES string of the molecule is O=C(O)CC1CCCN1c1ccn[c]n1. The third-order valence-electron chi connectivity index (χ3n) is 2.60. The summed E-state index contributed by atoms with van der Waals surface area (Å²) in [5.74, 6) is 0.0127. The summed E-state index contributed by atoms with van der Waals surface area (Å²) in [5, 5.41) is 8.77. The molecular formula is C10H12N3O2. The molecule has 0 saturated carbocycles. The Morgan fingerprint density at radius 1 is 1.73 bits per heavy atom. The van der Waals surface area contributed by atoms with E-state index in [1.54, 1.807) is 12.3 Å². The first-order valence-electron chi connectivity index (χ1n) is 4.95. The van der Waals surface area contributed by atoms with Crippen LogP contribution in [-0.4, -0.2) is 33.6 Å². The molecule has 0 aliphatic carbocycles. The highest BCUT2D eigenvalue weighted by Gasteiger charge is 2.27. The molecule has 1 N–H and O–H groups in total. The minimum Gasteiger partial charge on any atom is -0.481 e. The van der Waals surface area contributed by atoms with Gasteiger partial charge >= 0.3 is 5.97 Å². The summed E-state index contributed by atoms with van der Waals surface area (Å²) in [6, 6.07) is 1.85. The molecule has 1 aliphatic rings. The van der Waals surface area contributed by atoms with E-state index in [4.69, 9.17) is 5.11 Å². The van der Waals surface area contributed by atoms with E-state index in [2.05, 4.69) is 16.3 Å². The molecule has 1 aromatic rings. The van der Waals surface area contributed by atoms with E-state index in [0.29, 0.717) is 0 Å². The topological polar surface area (TPSA) is 66.3 Å². The summed E-state index contributed by atoms with van der Waals surface area (Å²) in [5.41, 5.74) is 0. The van der Waals surface area contributed by atoms with Crippen LogP contribution in [-0.2, 0) is 4.79 Å². The Hall–Kier alpha value is -1.65. The molecule has 1 aliphatic heterocycles. The Labute approximate surface area is 87.8 Å². The van der Waals surface area contributed by atoms with Gasteiger partial charge in [0.1, 0.15) is 5.82 Å². The molecule has 2 heterocycles. The van der Waals surface area contributed by atoms with Crippen molar-refractivity contribution in [2.45, 2.75) is 25.3 Å². The van der Waals surface area contributed by atoms with Crippen LogP contribution in [0.5, 0.6) is 0 Å². The minimum absolute atomic E-state index is 0.0609. The summed E-state index contributed by atoms with van der Waals surface area (Å²) in [6.07, 6.45) is 6.25. The van der Waals surface area contributed by atoms with Crippen molar-refractivity contribution in [3.05, 3.63) is 18.6 Å². The molecule has 15 heavy (non-hydrogen) atoms. The van der Waals surface area contributed by atoms with Crippen LogP contribution in [0.2, 0.25) is 0 Å². The highest BCUT2D eigenvalue weighted by Crippen LogP contribution is 2.24. The molecule has 0 aromatic carbocycles. The van der Waals surface area contributed by atoms with Gasteiger partial charge in [-0.05, 0) is 18.9 Å². The fourth-order valence-electron chi connectivity index (χ4n) is 1.97. The van der Waals surface area contributed by atoms with Gasteiger partial charge < -0.3 is 10.0 Å². The average molecular weight is 206 g/mol. The number of carboxylic acid groups (broad SMARTS) is 1. The van der Waals surface area contributed by atoms with Gasteiger partial charge in [-0.1, -0.05) is 0 Å². The number of hydrogen-bond acceptors (Lipinski definition) is 4. The first-order valence-corrected chi connectivity index (χ1v) is 4.95. The van der Waals surface area contributed by atoms with Gasteiger partial charge in [-0.15, -0.1) is 0 Å². The Bertz CT molecular complexity index is 342. The third-order valence-corrected chi connectivity index (χ3v) is 2.60. The van der Waals surface area contributed by atoms with Crippen LogP contribution in [0.1, 0.15) is 19.3 Å². The number of aromatic nitrogens is 2. The molecule has 1 saturated heterocycles. The van der Waals surface area contributed by atoms with E-state index in [9.17, 15) is 4.79 Å². The molecule has 5 nitrogen and oxygen atoms in total. The number of rotatable bonds is 3. The van der Waals surface area contributed by atoms with Gasteiger partial charge in [0.05, 0.1) is 6.42 Å². The van der Waals surface area contributed by atoms with Gasteiger partial charge in [-0.3, -0.25) is 4.79 Å². The van der Waals surface area contributed by atoms with Gasteiger partial charge in [0.15, 0.2) is 6.33 Å². The zero-order valence-electron chi connectivity index (χ0n) is 8.26. The van der Waals surface area contributed by atoms with Crippen LogP contribution in [0.3, 0.4) is 0 Å². The van der Waals surface area contributed by atoms with Gasteiger partial charge in [-0.25, -0.2) is 9.97 Å². The molecule has 1 aromatic heterocycles. The molecule has 0 spiro atoms. The maximum absolute atomic E-state index is 10.7. The quantitative estimate of drug-likeness (QED) is 0.789. The van der Waals surface area contributed by atoms with E-state index < -0.39 is 5.97 Å². The standard InChI is InChI=1S/C10H12N3O2/c14-10(15)6-8-2-1-5-13(8)9-3-4-11-7-12-9/h3-4,8H,1-2,5-6H2,(H,14,15). The van der Waals surface area contributed by atoms with E-state index in [1.807, 2.05) is 4.90 Å². The van der Waals surface area contributed by atoms with Gasteiger partial charge in [0.25, 0.3) is 0 Å². The third kappa shape index (κ3) is 2.23. The summed E-state index contributed by atoms with van der Waals surface area (Å²) in [4.78, 5) is 20.4. The molecule has 1 unspecified atom stereocenters. The normalized spacial score (nSPS) is 20.5. The highest BCUT2D eigenvalue weighted by molar-refractivity contribution is 5.68. The fraction of sp³-hybridized carbons (Fsp3) is 0.500. The van der Waals surface area contributed by atoms with Crippen LogP contribution in [0.15, 0.2) is 12.3 Å². The van der Waals surface area contributed by atoms with Crippen LogP contribution >= 0.6 is 0 Å². The Balaban J connectivity index is 2.11. The Morgan fingerprint density at radius 3 is 3.27 bits per heavy atom. The van der Waals surface area contributed by atoms with Crippen LogP contribution < -0.4 is 4.90 Å². The van der Waals surface area contributed by atoms with E-state index in [-0.39, 0.29) is 12.5 Å². The summed E-state index contributed by atoms with van der Waals surface area (Å²) >= 11 is 0. The summed E-state index contributed by atoms with van der Waals surface area (Å²) in [6.45, 7) is 0.864. The maximum atomic E-state index is 10.7. The van der Waals surface area contributed by atoms with E-state index in [0.717, 1.165) is 25.2 Å². The lowest BCUT2D eigenvalue weighted by Crippen LogP contribution is -2.31. The van der Waals surface area contributed by atoms with Crippen molar-refractivity contribution in [3.8, 4) is 0 Å². The Morgan fingerprint density at radius 2 is 2.60 bits per heavy atom. The zero-order chi connectivity index (χ0) is 10.7. The summed E-state index contributed by atoms with van der Waals surface area (Å²) < 4.78 is 0. The van der Waals surface area contributed by atoms with Crippen molar-refractivity contribution in [1.29, 1.82) is 0 Å². The molecule has 79 valence electrons. The largest absolute Gasteiger partial charge is 0.481 e. The number of aliphatic carboxylic acids is 1. The highest BCUT2D eigenvalue weighted by atomic mass is 16.4. The smallest absolute Gasteiger partial charge is 0.305 e. The van der Waals surface area contributed by atoms with Crippen molar-refractivity contribution < 1.29 is 9.90 Å². The predicted octanol–water partition coefficient (Wildman–Crippen LogP) is 0.720. The second-order valence-electron chi connectivity index (χ2n) is 3.60. The van der Waals surface area contributed by atoms with Crippen molar-refractivity contribution >= 4 is 11.8 Å². The lowest BCUT2D eigenvalue weighted by atomic mass is 10.1. The number of carbonyl (C=O) groups is 1. The predicted molar refractivity (Wildman–Crippen MR) is 53.5 cm³/mol. The van der Waals surface area contributed by atoms with Crippen LogP contribution in [0.25, 0.3) is 0 Å². The second kappa shape index (κ2) is 4.25. The second-order valence-corrected chi connectivity index (χ2v) is 3.60. The molecule has 1 radical (unpaired) electrons. The monoisotopic (exact) mass is 206 g/mol. The first-order chi connectivity index (χ1) is 7.27. The van der Waals surface area contributed by atoms with Crippen molar-refractivity contribution in [3.63, 3.8) is 0 Å². The molecule has 1 fully saturated rings. The number of anilines is 1. The molecule has 0 bridgehead atoms. The van der Waals surface area contributed by atoms with Crippen LogP contribution in [0.4, 0.5) is 5.82 Å². The Kier molecular flexibility index (Phi) is 2.80. The molecule has 0 amide bonds. The molecule has 2 rings (SSSR count). The molecule has 5 heteroatoms. The molecular weight excluding hydrogens is 194 g/mol. The number of carboxylic acids is 1. The van der Waals surface area contributed by atoms with Gasteiger partial charge in [0, 0.05) is 18.8 Å². The van der Waals surface area contributed by atoms with E-state index in [1.165, 1.54) is 0 Å². The lowest BCUT2D eigenvalue weighted by Gasteiger charge is -2.23. The molecule has 1 atom stereocenters. The lowest BCUT2D eigenvalue weighted by molar-refractivity contribution is -0.137. The van der Waals surface area contributed by atoms with Gasteiger partial charge in [-0.2, -0.15) is 0 Å². The van der Waals surface area contributed by atoms with E-state index >= 15 is 0 Å². The number of nitrogens with zero attached hydrogens (tertiary/aromatic N) is 3. The van der Waals surface area contributed by atoms with Crippen LogP contribution in [0, 0.1) is 6.33 Å². The van der Waals surface area contributed by atoms with Crippen molar-refractivity contribution in [1.82, 2.24) is 9.97 Å². The maximum Gasteiger partial charge on any atom is 0.305 e. The fourth-order valence-corrected chi connectivity index (χ4v) is 1.97. The number of hydrogen-bond donors (Lipinski definition) is 1. The summed E-state index contributed by atoms with van der Waals surface area (Å²) in [7, 11) is 0. The first kappa shape index (κ1) is 9.89. The average Bonchev–Trinajstić information content (AvgIpc) is 2.66. The van der Waals surface area contributed by atoms with Crippen molar-refractivity contribution in [2.24, 2.45) is 0 Å².